The Hall–Kier alpha value is -0.240. The van der Waals surface area contributed by atoms with Crippen LogP contribution in [0.15, 0.2) is 0 Å². The Morgan fingerprint density at radius 3 is 1.77 bits per heavy atom. The number of aliphatic hydroxyl groups is 5. The lowest BCUT2D eigenvalue weighted by Crippen LogP contribution is -2.64. The van der Waals surface area contributed by atoms with E-state index in [-0.39, 0.29) is 0 Å². The summed E-state index contributed by atoms with van der Waals surface area (Å²) < 4.78 is 0. The van der Waals surface area contributed by atoms with E-state index >= 15 is 0 Å². The molecular weight excluding hydrogens is 178 g/mol. The molecule has 6 nitrogen and oxygen atoms in total. The quantitative estimate of drug-likeness (QED) is 0.255. The highest BCUT2D eigenvalue weighted by atomic mass is 16.4. The number of rotatable bonds is 1. The molecular formula is C7H15NO5. The number of aliphatic hydroxyl groups excluding tert-OH is 5. The van der Waals surface area contributed by atoms with Gasteiger partial charge in [-0.15, -0.1) is 0 Å². The largest absolute Gasteiger partial charge is 0.396 e. The highest BCUT2D eigenvalue weighted by molar-refractivity contribution is 4.99. The second-order valence-corrected chi connectivity index (χ2v) is 3.39. The maximum atomic E-state index is 9.33. The lowest BCUT2D eigenvalue weighted by Gasteiger charge is -2.41. The van der Waals surface area contributed by atoms with Crippen LogP contribution in [0.1, 0.15) is 0 Å². The van der Waals surface area contributed by atoms with E-state index in [1.807, 2.05) is 0 Å². The highest BCUT2D eigenvalue weighted by Gasteiger charge is 2.46. The van der Waals surface area contributed by atoms with Gasteiger partial charge in [0.05, 0.1) is 18.8 Å². The van der Waals surface area contributed by atoms with Crippen molar-refractivity contribution in [2.45, 2.75) is 30.5 Å². The number of hydrogen-bond donors (Lipinski definition) is 6. The van der Waals surface area contributed by atoms with Gasteiger partial charge in [0.25, 0.3) is 0 Å². The topological polar surface area (TPSA) is 127 Å². The third kappa shape index (κ3) is 1.69. The SMILES string of the molecule is N[C@H]1[C@H](O)[C@H](O)[C@@H](O)[C@H](O)[C@@H]1CO. The van der Waals surface area contributed by atoms with Gasteiger partial charge >= 0.3 is 0 Å². The van der Waals surface area contributed by atoms with Gasteiger partial charge in [0.2, 0.25) is 0 Å². The minimum absolute atomic E-state index is 0.441. The molecule has 1 aliphatic carbocycles. The van der Waals surface area contributed by atoms with Gasteiger partial charge in [-0.3, -0.25) is 0 Å². The molecule has 1 rings (SSSR count). The zero-order valence-corrected chi connectivity index (χ0v) is 6.98. The molecule has 78 valence electrons. The maximum absolute atomic E-state index is 9.33. The molecule has 0 heterocycles. The van der Waals surface area contributed by atoms with E-state index in [0.29, 0.717) is 0 Å². The smallest absolute Gasteiger partial charge is 0.110 e. The van der Waals surface area contributed by atoms with Crippen molar-refractivity contribution in [3.8, 4) is 0 Å². The summed E-state index contributed by atoms with van der Waals surface area (Å²) >= 11 is 0. The molecule has 6 atom stereocenters. The Morgan fingerprint density at radius 2 is 1.31 bits per heavy atom. The summed E-state index contributed by atoms with van der Waals surface area (Å²) in [6.07, 6.45) is -5.56. The molecule has 6 heteroatoms. The summed E-state index contributed by atoms with van der Waals surface area (Å²) in [6.45, 7) is -0.441. The zero-order chi connectivity index (χ0) is 10.2. The van der Waals surface area contributed by atoms with Crippen molar-refractivity contribution in [2.75, 3.05) is 6.61 Å². The van der Waals surface area contributed by atoms with Crippen LogP contribution in [-0.4, -0.2) is 62.6 Å². The third-order valence-electron chi connectivity index (χ3n) is 2.59. The molecule has 0 amide bonds. The standard InChI is InChI=1S/C7H15NO5/c8-3-2(1-9)4(10)6(12)7(13)5(3)11/h2-7,9-13H,1,8H2/t2-,3-,4-,5+,6+,7+/m1/s1. The molecule has 1 saturated carbocycles. The summed E-state index contributed by atoms with van der Waals surface area (Å²) in [6, 6.07) is -0.932. The van der Waals surface area contributed by atoms with Crippen LogP contribution in [0.3, 0.4) is 0 Å². The van der Waals surface area contributed by atoms with Crippen molar-refractivity contribution in [1.82, 2.24) is 0 Å². The predicted octanol–water partition coefficient (Wildman–Crippen LogP) is -3.62. The molecule has 0 aromatic rings. The van der Waals surface area contributed by atoms with E-state index in [0.717, 1.165) is 0 Å². The number of hydrogen-bond acceptors (Lipinski definition) is 6. The molecule has 0 bridgehead atoms. The maximum Gasteiger partial charge on any atom is 0.110 e. The Bertz CT molecular complexity index is 162. The van der Waals surface area contributed by atoms with E-state index < -0.39 is 43.0 Å². The average molecular weight is 193 g/mol. The third-order valence-corrected chi connectivity index (χ3v) is 2.59. The van der Waals surface area contributed by atoms with Crippen LogP contribution >= 0.6 is 0 Å². The summed E-state index contributed by atoms with van der Waals surface area (Å²) in [5.74, 6) is -0.812. The van der Waals surface area contributed by atoms with Crippen molar-refractivity contribution >= 4 is 0 Å². The van der Waals surface area contributed by atoms with Crippen LogP contribution < -0.4 is 5.73 Å². The van der Waals surface area contributed by atoms with Crippen LogP contribution in [-0.2, 0) is 0 Å². The van der Waals surface area contributed by atoms with Gasteiger partial charge < -0.3 is 31.3 Å². The first-order valence-electron chi connectivity index (χ1n) is 4.09. The van der Waals surface area contributed by atoms with Crippen LogP contribution in [0.2, 0.25) is 0 Å². The molecule has 0 aliphatic heterocycles. The lowest BCUT2D eigenvalue weighted by atomic mass is 9.78. The Kier molecular flexibility index (Phi) is 3.23. The molecule has 0 unspecified atom stereocenters. The Morgan fingerprint density at radius 1 is 0.846 bits per heavy atom. The van der Waals surface area contributed by atoms with E-state index in [4.69, 9.17) is 10.8 Å². The van der Waals surface area contributed by atoms with Crippen molar-refractivity contribution in [2.24, 2.45) is 11.7 Å². The summed E-state index contributed by atoms with van der Waals surface area (Å²) in [4.78, 5) is 0. The molecule has 0 aromatic carbocycles. The van der Waals surface area contributed by atoms with E-state index in [2.05, 4.69) is 0 Å². The summed E-state index contributed by atoms with van der Waals surface area (Å²) in [5.41, 5.74) is 5.43. The Balaban J connectivity index is 2.79. The molecule has 1 fully saturated rings. The van der Waals surface area contributed by atoms with Crippen molar-refractivity contribution in [3.05, 3.63) is 0 Å². The first-order chi connectivity index (χ1) is 6.00. The molecule has 0 radical (unpaired) electrons. The zero-order valence-electron chi connectivity index (χ0n) is 6.98. The predicted molar refractivity (Wildman–Crippen MR) is 42.6 cm³/mol. The second kappa shape index (κ2) is 3.87. The molecule has 0 spiro atoms. The molecule has 7 N–H and O–H groups in total. The lowest BCUT2D eigenvalue weighted by molar-refractivity contribution is -0.171. The monoisotopic (exact) mass is 193 g/mol. The van der Waals surface area contributed by atoms with Gasteiger partial charge in [0.1, 0.15) is 12.2 Å². The van der Waals surface area contributed by atoms with Gasteiger partial charge in [-0.1, -0.05) is 0 Å². The van der Waals surface area contributed by atoms with Crippen LogP contribution in [0.5, 0.6) is 0 Å². The number of nitrogens with two attached hydrogens (primary N) is 1. The van der Waals surface area contributed by atoms with Gasteiger partial charge in [0, 0.05) is 12.0 Å². The molecule has 1 aliphatic rings. The fourth-order valence-corrected chi connectivity index (χ4v) is 1.60. The molecule has 13 heavy (non-hydrogen) atoms. The van der Waals surface area contributed by atoms with Crippen molar-refractivity contribution in [1.29, 1.82) is 0 Å². The molecule has 0 saturated heterocycles. The molecule has 0 aromatic heterocycles. The first kappa shape index (κ1) is 10.8. The fourth-order valence-electron chi connectivity index (χ4n) is 1.60. The first-order valence-corrected chi connectivity index (χ1v) is 4.09. The average Bonchev–Trinajstić information content (AvgIpc) is 2.13. The summed E-state index contributed by atoms with van der Waals surface area (Å²) in [5, 5.41) is 45.8. The van der Waals surface area contributed by atoms with E-state index in [1.165, 1.54) is 0 Å². The van der Waals surface area contributed by atoms with Crippen LogP contribution in [0.25, 0.3) is 0 Å². The van der Waals surface area contributed by atoms with Gasteiger partial charge in [-0.05, 0) is 0 Å². The highest BCUT2D eigenvalue weighted by Crippen LogP contribution is 2.24. The van der Waals surface area contributed by atoms with Gasteiger partial charge in [0.15, 0.2) is 0 Å². The summed E-state index contributed by atoms with van der Waals surface area (Å²) in [7, 11) is 0. The minimum Gasteiger partial charge on any atom is -0.396 e. The minimum atomic E-state index is -1.47. The second-order valence-electron chi connectivity index (χ2n) is 3.39. The van der Waals surface area contributed by atoms with Crippen LogP contribution in [0.4, 0.5) is 0 Å². The van der Waals surface area contributed by atoms with Crippen molar-refractivity contribution < 1.29 is 25.5 Å². The van der Waals surface area contributed by atoms with E-state index in [9.17, 15) is 20.4 Å². The normalized spacial score (nSPS) is 52.2. The van der Waals surface area contributed by atoms with Crippen molar-refractivity contribution in [3.63, 3.8) is 0 Å². The fraction of sp³-hybridized carbons (Fsp3) is 1.00. The van der Waals surface area contributed by atoms with Gasteiger partial charge in [-0.25, -0.2) is 0 Å². The van der Waals surface area contributed by atoms with E-state index in [1.54, 1.807) is 0 Å². The van der Waals surface area contributed by atoms with Gasteiger partial charge in [-0.2, -0.15) is 0 Å². The Labute approximate surface area is 75.2 Å². The van der Waals surface area contributed by atoms with Crippen LogP contribution in [0, 0.1) is 5.92 Å².